The molecule has 5 aliphatic rings. The topological polar surface area (TPSA) is 79.4 Å². The molecule has 2 saturated heterocycles. The molecule has 7 nitrogen and oxygen atoms in total. The lowest BCUT2D eigenvalue weighted by molar-refractivity contribution is -0.136. The van der Waals surface area contributed by atoms with E-state index in [1.807, 2.05) is 11.1 Å². The molecule has 3 unspecified atom stereocenters. The van der Waals surface area contributed by atoms with Gasteiger partial charge in [-0.1, -0.05) is 0 Å². The van der Waals surface area contributed by atoms with Crippen LogP contribution in [0.25, 0.3) is 11.0 Å². The molecule has 7 rings (SSSR count). The van der Waals surface area contributed by atoms with Crippen molar-refractivity contribution < 1.29 is 22.7 Å². The van der Waals surface area contributed by atoms with Crippen LogP contribution in [0, 0.1) is 11.3 Å². The van der Waals surface area contributed by atoms with Crippen molar-refractivity contribution in [2.24, 2.45) is 11.3 Å². The number of nitrogens with one attached hydrogen (secondary N) is 2. The van der Waals surface area contributed by atoms with E-state index in [-0.39, 0.29) is 40.4 Å². The van der Waals surface area contributed by atoms with Gasteiger partial charge in [0.25, 0.3) is 0 Å². The third kappa shape index (κ3) is 3.07. The molecule has 0 radical (unpaired) electrons. The minimum atomic E-state index is -4.51. The van der Waals surface area contributed by atoms with E-state index in [2.05, 4.69) is 20.6 Å². The summed E-state index contributed by atoms with van der Waals surface area (Å²) in [4.78, 5) is 23.4. The smallest absolute Gasteiger partial charge is 0.418 e. The normalized spacial score (nSPS) is 27.8. The van der Waals surface area contributed by atoms with Crippen LogP contribution in [0.2, 0.25) is 0 Å². The van der Waals surface area contributed by atoms with Gasteiger partial charge in [0, 0.05) is 37.1 Å². The van der Waals surface area contributed by atoms with E-state index in [9.17, 15) is 18.0 Å². The molecule has 1 amide bonds. The Balaban J connectivity index is 1.27. The Morgan fingerprint density at radius 3 is 2.62 bits per heavy atom. The van der Waals surface area contributed by atoms with Gasteiger partial charge in [-0.25, -0.2) is 0 Å². The number of anilines is 1. The lowest BCUT2D eigenvalue weighted by Gasteiger charge is -2.37. The van der Waals surface area contributed by atoms with E-state index in [4.69, 9.17) is 4.74 Å². The molecule has 168 valence electrons. The second-order valence-electron chi connectivity index (χ2n) is 9.20. The Labute approximate surface area is 182 Å². The number of hydrogen-bond donors (Lipinski definition) is 2. The lowest BCUT2D eigenvalue weighted by Crippen LogP contribution is -2.53. The van der Waals surface area contributed by atoms with Crippen LogP contribution in [0.5, 0.6) is 0 Å². The Morgan fingerprint density at radius 1 is 1.22 bits per heavy atom. The van der Waals surface area contributed by atoms with Crippen molar-refractivity contribution in [3.05, 3.63) is 42.0 Å². The van der Waals surface area contributed by atoms with E-state index < -0.39 is 11.7 Å². The van der Waals surface area contributed by atoms with Gasteiger partial charge < -0.3 is 20.3 Å². The summed E-state index contributed by atoms with van der Waals surface area (Å²) in [5.74, 6) is 0.504. The predicted octanol–water partition coefficient (Wildman–Crippen LogP) is 2.58. The van der Waals surface area contributed by atoms with Gasteiger partial charge in [0.15, 0.2) is 0 Å². The zero-order valence-corrected chi connectivity index (χ0v) is 17.2. The predicted molar refractivity (Wildman–Crippen MR) is 109 cm³/mol. The molecule has 1 spiro atoms. The Kier molecular flexibility index (Phi) is 4.13. The fourth-order valence-electron chi connectivity index (χ4n) is 5.33. The molecule has 2 bridgehead atoms. The second kappa shape index (κ2) is 6.73. The third-order valence-corrected chi connectivity index (χ3v) is 7.20. The van der Waals surface area contributed by atoms with Crippen LogP contribution in [-0.2, 0) is 15.7 Å². The zero-order valence-electron chi connectivity index (χ0n) is 17.2. The minimum Gasteiger partial charge on any atom is -0.492 e. The summed E-state index contributed by atoms with van der Waals surface area (Å²) in [6.45, 7) is 1.68. The average molecular weight is 445 g/mol. The lowest BCUT2D eigenvalue weighted by atomic mass is 9.91. The molecule has 1 aromatic carbocycles. The van der Waals surface area contributed by atoms with E-state index in [0.717, 1.165) is 31.1 Å². The fraction of sp³-hybridized carbons (Fsp3) is 0.500. The summed E-state index contributed by atoms with van der Waals surface area (Å²) < 4.78 is 46.0. The number of fused-ring (bicyclic) bond motifs is 4. The maximum Gasteiger partial charge on any atom is 0.418 e. The highest BCUT2D eigenvalue weighted by molar-refractivity contribution is 5.92. The number of alkyl halides is 3. The van der Waals surface area contributed by atoms with Crippen molar-refractivity contribution in [1.29, 1.82) is 0 Å². The summed E-state index contributed by atoms with van der Waals surface area (Å²) in [5.41, 5.74) is -0.288. The minimum absolute atomic E-state index is 0.0191. The second-order valence-corrected chi connectivity index (χ2v) is 9.20. The number of carbonyl (C=O) groups is 1. The summed E-state index contributed by atoms with van der Waals surface area (Å²) >= 11 is 0. The highest BCUT2D eigenvalue weighted by Crippen LogP contribution is 2.57. The quantitative estimate of drug-likeness (QED) is 0.756. The van der Waals surface area contributed by atoms with E-state index >= 15 is 0 Å². The van der Waals surface area contributed by atoms with E-state index in [1.165, 1.54) is 18.5 Å². The van der Waals surface area contributed by atoms with Crippen molar-refractivity contribution in [2.45, 2.75) is 37.5 Å². The highest BCUT2D eigenvalue weighted by Gasteiger charge is 2.58. The van der Waals surface area contributed by atoms with Gasteiger partial charge >= 0.3 is 6.18 Å². The van der Waals surface area contributed by atoms with Crippen LogP contribution >= 0.6 is 0 Å². The van der Waals surface area contributed by atoms with Crippen LogP contribution in [-0.4, -0.2) is 47.7 Å². The number of benzene rings is 1. The first kappa shape index (κ1) is 19.6. The summed E-state index contributed by atoms with van der Waals surface area (Å²) in [5, 5.41) is 6.39. The van der Waals surface area contributed by atoms with Gasteiger partial charge in [-0.3, -0.25) is 14.8 Å². The van der Waals surface area contributed by atoms with Crippen LogP contribution in [0.15, 0.2) is 36.5 Å². The van der Waals surface area contributed by atoms with E-state index in [0.29, 0.717) is 25.4 Å². The third-order valence-electron chi connectivity index (χ3n) is 7.20. The number of hydrogen-bond acceptors (Lipinski definition) is 6. The number of ether oxygens (including phenoxy) is 1. The summed E-state index contributed by atoms with van der Waals surface area (Å²) in [7, 11) is 0. The number of carbonyl (C=O) groups excluding carboxylic acids is 1. The van der Waals surface area contributed by atoms with Gasteiger partial charge in [-0.15, -0.1) is 0 Å². The Morgan fingerprint density at radius 2 is 2.00 bits per heavy atom. The molecule has 3 atom stereocenters. The van der Waals surface area contributed by atoms with E-state index in [1.54, 1.807) is 0 Å². The van der Waals surface area contributed by atoms with Crippen LogP contribution in [0.1, 0.15) is 24.8 Å². The first-order chi connectivity index (χ1) is 15.3. The van der Waals surface area contributed by atoms with Crippen LogP contribution < -0.4 is 15.5 Å². The maximum atomic E-state index is 13.5. The van der Waals surface area contributed by atoms with Crippen LogP contribution in [0.4, 0.5) is 18.9 Å². The molecule has 2 aromatic rings. The van der Waals surface area contributed by atoms with Crippen LogP contribution in [0.3, 0.4) is 0 Å². The SMILES string of the molecule is O=C(NC1CC2COC1=CN2)C1CN(c2ccc(C(F)(F)F)c3nccnc23)CC12CC2. The standard InChI is InChI=1S/C22H22F3N5O2/c23-22(24,25)13-1-2-16(19-18(13)26-5-6-27-19)30-9-14(21(11-30)3-4-21)20(31)29-15-7-12-10-32-17(15)8-28-12/h1-2,5-6,8,12,14-15,28H,3-4,7,9-11H2,(H,29,31). The van der Waals surface area contributed by atoms with Crippen molar-refractivity contribution in [1.82, 2.24) is 20.6 Å². The van der Waals surface area contributed by atoms with Crippen molar-refractivity contribution in [3.8, 4) is 0 Å². The molecule has 3 fully saturated rings. The van der Waals surface area contributed by atoms with Gasteiger partial charge in [0.1, 0.15) is 23.4 Å². The molecular formula is C22H22F3N5O2. The molecular weight excluding hydrogens is 423 g/mol. The summed E-state index contributed by atoms with van der Waals surface area (Å²) in [6.07, 6.45) is 2.64. The number of rotatable bonds is 3. The number of aromatic nitrogens is 2. The van der Waals surface area contributed by atoms with Gasteiger partial charge in [0.2, 0.25) is 5.91 Å². The van der Waals surface area contributed by atoms with Gasteiger partial charge in [-0.05, 0) is 31.4 Å². The molecule has 32 heavy (non-hydrogen) atoms. The first-order valence-electron chi connectivity index (χ1n) is 10.8. The molecule has 1 aromatic heterocycles. The fourth-order valence-corrected chi connectivity index (χ4v) is 5.33. The number of halogens is 3. The van der Waals surface area contributed by atoms with Crippen molar-refractivity contribution in [3.63, 3.8) is 0 Å². The molecule has 10 heteroatoms. The summed E-state index contributed by atoms with van der Waals surface area (Å²) in [6, 6.07) is 2.59. The van der Waals surface area contributed by atoms with Gasteiger partial charge in [0.05, 0.1) is 29.3 Å². The Bertz CT molecular complexity index is 1130. The molecule has 1 saturated carbocycles. The zero-order chi connectivity index (χ0) is 22.1. The molecule has 1 aliphatic carbocycles. The monoisotopic (exact) mass is 445 g/mol. The first-order valence-corrected chi connectivity index (χ1v) is 10.8. The van der Waals surface area contributed by atoms with Crippen molar-refractivity contribution in [2.75, 3.05) is 24.6 Å². The molecule has 5 heterocycles. The highest BCUT2D eigenvalue weighted by atomic mass is 19.4. The largest absolute Gasteiger partial charge is 0.492 e. The van der Waals surface area contributed by atoms with Gasteiger partial charge in [-0.2, -0.15) is 13.2 Å². The Hall–Kier alpha value is -3.04. The van der Waals surface area contributed by atoms with Crippen molar-refractivity contribution >= 4 is 22.6 Å². The molecule has 4 aliphatic heterocycles. The maximum absolute atomic E-state index is 13.5. The average Bonchev–Trinajstić information content (AvgIpc) is 3.45. The number of amides is 1. The molecule has 2 N–H and O–H groups in total. The number of nitrogens with zero attached hydrogens (tertiary/aromatic N) is 3.